The summed E-state index contributed by atoms with van der Waals surface area (Å²) in [6.45, 7) is 5.82. The van der Waals surface area contributed by atoms with Gasteiger partial charge < -0.3 is 24.8 Å². The van der Waals surface area contributed by atoms with Gasteiger partial charge in [-0.05, 0) is 38.5 Å². The fourth-order valence-corrected chi connectivity index (χ4v) is 4.08. The number of hydrogen-bond acceptors (Lipinski definition) is 7. The Labute approximate surface area is 192 Å². The van der Waals surface area contributed by atoms with Crippen LogP contribution in [0.2, 0.25) is 0 Å². The van der Waals surface area contributed by atoms with Crippen LogP contribution in [0.25, 0.3) is 0 Å². The largest absolute Gasteiger partial charge is 0.496 e. The molecule has 0 radical (unpaired) electrons. The summed E-state index contributed by atoms with van der Waals surface area (Å²) in [7, 11) is 4.69. The van der Waals surface area contributed by atoms with Crippen molar-refractivity contribution in [3.05, 3.63) is 64.6 Å². The fraction of sp³-hybridized carbons (Fsp3) is 0.292. The van der Waals surface area contributed by atoms with Gasteiger partial charge in [0.25, 0.3) is 5.91 Å². The van der Waals surface area contributed by atoms with E-state index in [1.165, 1.54) is 6.33 Å². The third-order valence-corrected chi connectivity index (χ3v) is 5.70. The Kier molecular flexibility index (Phi) is 5.95. The van der Waals surface area contributed by atoms with Crippen LogP contribution in [0.1, 0.15) is 29.7 Å². The van der Waals surface area contributed by atoms with E-state index in [2.05, 4.69) is 20.7 Å². The van der Waals surface area contributed by atoms with Gasteiger partial charge in [-0.2, -0.15) is 10.1 Å². The van der Waals surface area contributed by atoms with Crippen LogP contribution in [0, 0.1) is 13.8 Å². The molecule has 0 saturated carbocycles. The van der Waals surface area contributed by atoms with Crippen LogP contribution in [0.3, 0.4) is 0 Å². The second-order valence-corrected chi connectivity index (χ2v) is 7.82. The molecule has 9 heteroatoms. The van der Waals surface area contributed by atoms with Crippen LogP contribution in [0.15, 0.2) is 47.9 Å². The molecule has 1 amide bonds. The zero-order valence-corrected chi connectivity index (χ0v) is 19.5. The van der Waals surface area contributed by atoms with E-state index in [-0.39, 0.29) is 5.91 Å². The number of nitrogens with zero attached hydrogens (tertiary/aromatic N) is 3. The summed E-state index contributed by atoms with van der Waals surface area (Å²) in [5.74, 6) is 1.84. The molecule has 0 aliphatic carbocycles. The molecule has 172 valence electrons. The van der Waals surface area contributed by atoms with E-state index in [1.807, 2.05) is 39.0 Å². The Morgan fingerprint density at radius 2 is 1.70 bits per heavy atom. The van der Waals surface area contributed by atoms with Crippen LogP contribution >= 0.6 is 0 Å². The van der Waals surface area contributed by atoms with Crippen molar-refractivity contribution in [2.45, 2.75) is 26.8 Å². The average molecular weight is 450 g/mol. The fourth-order valence-electron chi connectivity index (χ4n) is 4.08. The van der Waals surface area contributed by atoms with Crippen molar-refractivity contribution >= 4 is 17.5 Å². The first-order valence-corrected chi connectivity index (χ1v) is 10.4. The van der Waals surface area contributed by atoms with Crippen LogP contribution < -0.4 is 24.8 Å². The van der Waals surface area contributed by atoms with Gasteiger partial charge in [0.15, 0.2) is 11.5 Å². The van der Waals surface area contributed by atoms with E-state index < -0.39 is 6.04 Å². The summed E-state index contributed by atoms with van der Waals surface area (Å²) < 4.78 is 18.3. The molecule has 1 aliphatic heterocycles. The number of hydrogen-bond donors (Lipinski definition) is 2. The zero-order chi connectivity index (χ0) is 23.7. The molecule has 4 rings (SSSR count). The molecule has 2 aromatic carbocycles. The molecule has 3 aromatic rings. The van der Waals surface area contributed by atoms with Gasteiger partial charge in [-0.25, -0.2) is 4.68 Å². The number of allylic oxidation sites excluding steroid dienone is 1. The second-order valence-electron chi connectivity index (χ2n) is 7.82. The van der Waals surface area contributed by atoms with Crippen LogP contribution in [-0.4, -0.2) is 42.0 Å². The number of benzene rings is 2. The number of ether oxygens (including phenoxy) is 3. The van der Waals surface area contributed by atoms with Gasteiger partial charge in [0.1, 0.15) is 18.1 Å². The number of carbonyl (C=O) groups is 1. The van der Waals surface area contributed by atoms with Gasteiger partial charge in [0.05, 0.1) is 26.9 Å². The number of methoxy groups -OCH3 is 3. The zero-order valence-electron chi connectivity index (χ0n) is 19.5. The van der Waals surface area contributed by atoms with Crippen LogP contribution in [-0.2, 0) is 4.79 Å². The lowest BCUT2D eigenvalue weighted by molar-refractivity contribution is -0.113. The third-order valence-electron chi connectivity index (χ3n) is 5.70. The molecule has 0 saturated heterocycles. The summed E-state index contributed by atoms with van der Waals surface area (Å²) in [6.07, 6.45) is 1.45. The summed E-state index contributed by atoms with van der Waals surface area (Å²) >= 11 is 0. The molecule has 0 fully saturated rings. The first-order chi connectivity index (χ1) is 15.9. The molecule has 2 heterocycles. The number of aryl methyl sites for hydroxylation is 2. The number of aromatic nitrogens is 3. The summed E-state index contributed by atoms with van der Waals surface area (Å²) in [5.41, 5.74) is 4.69. The lowest BCUT2D eigenvalue weighted by atomic mass is 9.93. The molecule has 0 bridgehead atoms. The minimum absolute atomic E-state index is 0.255. The van der Waals surface area contributed by atoms with Crippen molar-refractivity contribution in [3.8, 4) is 17.2 Å². The van der Waals surface area contributed by atoms with E-state index >= 15 is 0 Å². The summed E-state index contributed by atoms with van der Waals surface area (Å²) in [5, 5.41) is 10.6. The Balaban J connectivity index is 1.85. The lowest BCUT2D eigenvalue weighted by Gasteiger charge is -2.30. The van der Waals surface area contributed by atoms with E-state index in [0.717, 1.165) is 16.8 Å². The molecule has 0 spiro atoms. The highest BCUT2D eigenvalue weighted by Crippen LogP contribution is 2.43. The van der Waals surface area contributed by atoms with Gasteiger partial charge in [-0.15, -0.1) is 0 Å². The van der Waals surface area contributed by atoms with Gasteiger partial charge in [-0.3, -0.25) is 4.79 Å². The van der Waals surface area contributed by atoms with Gasteiger partial charge in [-0.1, -0.05) is 17.7 Å². The molecule has 33 heavy (non-hydrogen) atoms. The predicted molar refractivity (Wildman–Crippen MR) is 125 cm³/mol. The Hall–Kier alpha value is -4.01. The maximum atomic E-state index is 13.6. The molecular formula is C24H27N5O4. The minimum atomic E-state index is -0.607. The Bertz CT molecular complexity index is 1250. The number of nitrogens with one attached hydrogen (secondary N) is 2. The quantitative estimate of drug-likeness (QED) is 0.590. The van der Waals surface area contributed by atoms with Crippen LogP contribution in [0.4, 0.5) is 11.6 Å². The average Bonchev–Trinajstić information content (AvgIpc) is 3.27. The number of carbonyl (C=O) groups excluding carboxylic acids is 1. The molecular weight excluding hydrogens is 422 g/mol. The second kappa shape index (κ2) is 8.85. The molecule has 1 aromatic heterocycles. The number of fused-ring (bicyclic) bond motifs is 1. The summed E-state index contributed by atoms with van der Waals surface area (Å²) in [6, 6.07) is 8.83. The maximum Gasteiger partial charge on any atom is 0.255 e. The predicted octanol–water partition coefficient (Wildman–Crippen LogP) is 3.85. The topological polar surface area (TPSA) is 99.5 Å². The van der Waals surface area contributed by atoms with Crippen molar-refractivity contribution in [3.63, 3.8) is 0 Å². The maximum absolute atomic E-state index is 13.6. The highest BCUT2D eigenvalue weighted by atomic mass is 16.5. The van der Waals surface area contributed by atoms with Crippen molar-refractivity contribution < 1.29 is 19.0 Å². The molecule has 0 unspecified atom stereocenters. The Morgan fingerprint density at radius 3 is 2.36 bits per heavy atom. The van der Waals surface area contributed by atoms with Crippen molar-refractivity contribution in [2.24, 2.45) is 0 Å². The lowest BCUT2D eigenvalue weighted by Crippen LogP contribution is -2.32. The molecule has 1 atom stereocenters. The van der Waals surface area contributed by atoms with E-state index in [0.29, 0.717) is 40.0 Å². The smallest absolute Gasteiger partial charge is 0.255 e. The monoisotopic (exact) mass is 449 g/mol. The molecule has 9 nitrogen and oxygen atoms in total. The first-order valence-electron chi connectivity index (χ1n) is 10.4. The standard InChI is InChI=1S/C24H27N5O4/c1-13-7-8-17(14(2)9-13)28-23(30)21-15(3)27-24-25-12-26-29(24)22(21)16-10-19(32-5)20(33-6)11-18(16)31-4/h7-12,22H,1-6H3,(H,28,30)(H,25,26,27)/t22-/m1/s1. The van der Waals surface area contributed by atoms with Crippen molar-refractivity contribution in [2.75, 3.05) is 32.0 Å². The minimum Gasteiger partial charge on any atom is -0.496 e. The van der Waals surface area contributed by atoms with E-state index in [9.17, 15) is 4.79 Å². The molecule has 2 N–H and O–H groups in total. The molecule has 1 aliphatic rings. The van der Waals surface area contributed by atoms with Crippen molar-refractivity contribution in [1.82, 2.24) is 14.8 Å². The SMILES string of the molecule is COc1cc(OC)c([C@@H]2C(C(=O)Nc3ccc(C)cc3C)=C(C)Nc3ncnn32)cc1OC. The third kappa shape index (κ3) is 3.97. The number of rotatable bonds is 6. The summed E-state index contributed by atoms with van der Waals surface area (Å²) in [4.78, 5) is 17.9. The van der Waals surface area contributed by atoms with Gasteiger partial charge in [0.2, 0.25) is 5.95 Å². The first kappa shape index (κ1) is 22.2. The van der Waals surface area contributed by atoms with Gasteiger partial charge in [0, 0.05) is 23.0 Å². The van der Waals surface area contributed by atoms with E-state index in [4.69, 9.17) is 14.2 Å². The van der Waals surface area contributed by atoms with Gasteiger partial charge >= 0.3 is 0 Å². The highest BCUT2D eigenvalue weighted by Gasteiger charge is 2.36. The van der Waals surface area contributed by atoms with Crippen molar-refractivity contribution in [1.29, 1.82) is 0 Å². The number of amides is 1. The number of anilines is 2. The highest BCUT2D eigenvalue weighted by molar-refractivity contribution is 6.06. The normalized spacial score (nSPS) is 14.9. The van der Waals surface area contributed by atoms with Crippen LogP contribution in [0.5, 0.6) is 17.2 Å². The van der Waals surface area contributed by atoms with E-state index in [1.54, 1.807) is 38.1 Å². The Morgan fingerprint density at radius 1 is 1.00 bits per heavy atom.